The Morgan fingerprint density at radius 1 is 0.778 bits per heavy atom. The van der Waals surface area contributed by atoms with Crippen molar-refractivity contribution in [2.24, 2.45) is 11.8 Å². The van der Waals surface area contributed by atoms with Gasteiger partial charge in [0.15, 0.2) is 0 Å². The van der Waals surface area contributed by atoms with Crippen molar-refractivity contribution in [3.05, 3.63) is 22.7 Å². The summed E-state index contributed by atoms with van der Waals surface area (Å²) in [4.78, 5) is 24.8. The second-order valence-electron chi connectivity index (χ2n) is 5.10. The zero-order valence-corrected chi connectivity index (χ0v) is 10.6. The van der Waals surface area contributed by atoms with Crippen molar-refractivity contribution in [1.82, 2.24) is 0 Å². The number of Topliss-reactive ketones (excluding diaryl/α,β-unsaturated/α-hetero) is 2. The van der Waals surface area contributed by atoms with Crippen LogP contribution in [0.5, 0.6) is 0 Å². The van der Waals surface area contributed by atoms with Gasteiger partial charge in [0.1, 0.15) is 0 Å². The molecule has 0 aromatic rings. The summed E-state index contributed by atoms with van der Waals surface area (Å²) in [6.07, 6.45) is 4.06. The van der Waals surface area contributed by atoms with Crippen molar-refractivity contribution < 1.29 is 19.1 Å². The summed E-state index contributed by atoms with van der Waals surface area (Å²) in [5.41, 5.74) is 1.42. The summed E-state index contributed by atoms with van der Waals surface area (Å²) in [5.74, 6) is 0.356. The molecule has 4 aliphatic carbocycles. The van der Waals surface area contributed by atoms with Gasteiger partial charge in [0.05, 0.1) is 14.2 Å². The first-order valence-corrected chi connectivity index (χ1v) is 6.34. The van der Waals surface area contributed by atoms with Crippen LogP contribution in [0, 0.1) is 11.8 Å². The van der Waals surface area contributed by atoms with Crippen LogP contribution in [0.15, 0.2) is 22.7 Å². The first kappa shape index (κ1) is 11.5. The fraction of sp³-hybridized carbons (Fsp3) is 0.571. The van der Waals surface area contributed by atoms with Crippen LogP contribution in [-0.4, -0.2) is 25.8 Å². The highest BCUT2D eigenvalue weighted by atomic mass is 16.5. The topological polar surface area (TPSA) is 52.6 Å². The summed E-state index contributed by atoms with van der Waals surface area (Å²) in [7, 11) is 2.82. The zero-order valence-electron chi connectivity index (χ0n) is 10.6. The third-order valence-corrected chi connectivity index (χ3v) is 4.35. The summed E-state index contributed by atoms with van der Waals surface area (Å²) in [6, 6.07) is 0. The minimum atomic E-state index is -0.140. The zero-order chi connectivity index (χ0) is 12.9. The van der Waals surface area contributed by atoms with Gasteiger partial charge in [0.25, 0.3) is 0 Å². The second-order valence-corrected chi connectivity index (χ2v) is 5.10. The average molecular weight is 248 g/mol. The standard InChI is InChI=1S/C14H16O4/c1-17-13-11(15)9-7-3-5-8(6-4-7)10(9)12(16)14(13)18-2/h7-8H,3-6H2,1-2H3. The van der Waals surface area contributed by atoms with Crippen molar-refractivity contribution in [2.45, 2.75) is 25.7 Å². The highest BCUT2D eigenvalue weighted by molar-refractivity contribution is 6.24. The smallest absolute Gasteiger partial charge is 0.228 e. The molecule has 0 spiro atoms. The van der Waals surface area contributed by atoms with Crippen molar-refractivity contribution in [3.63, 3.8) is 0 Å². The molecule has 0 aromatic heterocycles. The molecule has 4 rings (SSSR count). The number of ketones is 2. The number of ether oxygens (including phenoxy) is 2. The molecule has 0 saturated heterocycles. The summed E-state index contributed by atoms with van der Waals surface area (Å²) in [5, 5.41) is 0. The molecule has 2 bridgehead atoms. The van der Waals surface area contributed by atoms with Gasteiger partial charge in [-0.1, -0.05) is 0 Å². The van der Waals surface area contributed by atoms with E-state index in [0.717, 1.165) is 25.7 Å². The van der Waals surface area contributed by atoms with Crippen LogP contribution in [0.2, 0.25) is 0 Å². The van der Waals surface area contributed by atoms with Crippen molar-refractivity contribution >= 4 is 11.6 Å². The molecule has 1 fully saturated rings. The lowest BCUT2D eigenvalue weighted by atomic mass is 9.63. The predicted molar refractivity (Wildman–Crippen MR) is 63.5 cm³/mol. The molecule has 0 heterocycles. The molecule has 0 aromatic carbocycles. The lowest BCUT2D eigenvalue weighted by Crippen LogP contribution is -2.38. The number of hydrogen-bond acceptors (Lipinski definition) is 4. The molecule has 0 radical (unpaired) electrons. The maximum absolute atomic E-state index is 12.4. The van der Waals surface area contributed by atoms with Gasteiger partial charge >= 0.3 is 0 Å². The maximum atomic E-state index is 12.4. The Morgan fingerprint density at radius 3 is 1.39 bits per heavy atom. The van der Waals surface area contributed by atoms with E-state index in [1.54, 1.807) is 0 Å². The number of methoxy groups -OCH3 is 2. The molecule has 4 heteroatoms. The van der Waals surface area contributed by atoms with Gasteiger partial charge in [-0.25, -0.2) is 0 Å². The van der Waals surface area contributed by atoms with Gasteiger partial charge in [-0.2, -0.15) is 0 Å². The maximum Gasteiger partial charge on any atom is 0.228 e. The fourth-order valence-electron chi connectivity index (χ4n) is 3.55. The molecule has 0 N–H and O–H groups in total. The highest BCUT2D eigenvalue weighted by Crippen LogP contribution is 2.49. The molecule has 0 amide bonds. The lowest BCUT2D eigenvalue weighted by molar-refractivity contribution is -0.122. The fourth-order valence-corrected chi connectivity index (χ4v) is 3.55. The number of hydrogen-bond donors (Lipinski definition) is 0. The molecule has 0 unspecified atom stereocenters. The number of carbonyl (C=O) groups excluding carboxylic acids is 2. The molecule has 4 nitrogen and oxygen atoms in total. The Morgan fingerprint density at radius 2 is 1.11 bits per heavy atom. The SMILES string of the molecule is COC1=C(OC)C(=O)C2=C(C1=O)C1CCC2CC1. The van der Waals surface area contributed by atoms with Gasteiger partial charge in [-0.05, 0) is 37.5 Å². The first-order chi connectivity index (χ1) is 8.69. The monoisotopic (exact) mass is 248 g/mol. The summed E-state index contributed by atoms with van der Waals surface area (Å²) >= 11 is 0. The first-order valence-electron chi connectivity index (χ1n) is 6.34. The Kier molecular flexibility index (Phi) is 2.54. The molecule has 1 saturated carbocycles. The van der Waals surface area contributed by atoms with Crippen LogP contribution in [-0.2, 0) is 19.1 Å². The van der Waals surface area contributed by atoms with Gasteiger partial charge in [-0.15, -0.1) is 0 Å². The van der Waals surface area contributed by atoms with E-state index in [9.17, 15) is 9.59 Å². The number of carbonyl (C=O) groups is 2. The van der Waals surface area contributed by atoms with E-state index in [1.807, 2.05) is 0 Å². The Bertz CT molecular complexity index is 446. The van der Waals surface area contributed by atoms with E-state index in [-0.39, 0.29) is 34.9 Å². The van der Waals surface area contributed by atoms with Crippen LogP contribution >= 0.6 is 0 Å². The molecule has 0 atom stereocenters. The molecule has 0 aliphatic heterocycles. The Labute approximate surface area is 106 Å². The minimum Gasteiger partial charge on any atom is -0.489 e. The Balaban J connectivity index is 2.15. The van der Waals surface area contributed by atoms with Crippen molar-refractivity contribution in [3.8, 4) is 0 Å². The third-order valence-electron chi connectivity index (χ3n) is 4.35. The van der Waals surface area contributed by atoms with E-state index >= 15 is 0 Å². The average Bonchev–Trinajstić information content (AvgIpc) is 2.42. The quantitative estimate of drug-likeness (QED) is 0.699. The second kappa shape index (κ2) is 3.97. The van der Waals surface area contributed by atoms with Gasteiger partial charge < -0.3 is 9.47 Å². The number of rotatable bonds is 2. The van der Waals surface area contributed by atoms with Crippen LogP contribution in [0.3, 0.4) is 0 Å². The molecule has 18 heavy (non-hydrogen) atoms. The molecule has 4 aliphatic rings. The van der Waals surface area contributed by atoms with Crippen molar-refractivity contribution in [2.75, 3.05) is 14.2 Å². The van der Waals surface area contributed by atoms with Crippen LogP contribution in [0.4, 0.5) is 0 Å². The lowest BCUT2D eigenvalue weighted by Gasteiger charge is -2.40. The summed E-state index contributed by atoms with van der Waals surface area (Å²) in [6.45, 7) is 0. The molecular weight excluding hydrogens is 232 g/mol. The number of fused-ring (bicyclic) bond motifs is 2. The van der Waals surface area contributed by atoms with Crippen LogP contribution in [0.25, 0.3) is 0 Å². The Hall–Kier alpha value is -1.58. The number of allylic oxidation sites excluding steroid dienone is 2. The van der Waals surface area contributed by atoms with Gasteiger partial charge in [0, 0.05) is 11.1 Å². The third kappa shape index (κ3) is 1.32. The van der Waals surface area contributed by atoms with Crippen molar-refractivity contribution in [1.29, 1.82) is 0 Å². The highest BCUT2D eigenvalue weighted by Gasteiger charge is 2.47. The van der Waals surface area contributed by atoms with Crippen LogP contribution in [0.1, 0.15) is 25.7 Å². The molecule has 96 valence electrons. The van der Waals surface area contributed by atoms with Gasteiger partial charge in [-0.3, -0.25) is 9.59 Å². The largest absolute Gasteiger partial charge is 0.489 e. The van der Waals surface area contributed by atoms with Gasteiger partial charge in [0.2, 0.25) is 23.1 Å². The van der Waals surface area contributed by atoms with E-state index in [1.165, 1.54) is 14.2 Å². The molecular formula is C14H16O4. The van der Waals surface area contributed by atoms with E-state index in [0.29, 0.717) is 11.1 Å². The summed E-state index contributed by atoms with van der Waals surface area (Å²) < 4.78 is 10.2. The van der Waals surface area contributed by atoms with E-state index < -0.39 is 0 Å². The van der Waals surface area contributed by atoms with E-state index in [4.69, 9.17) is 9.47 Å². The minimum absolute atomic E-state index is 0.0776. The van der Waals surface area contributed by atoms with Crippen LogP contribution < -0.4 is 0 Å². The normalized spacial score (nSPS) is 30.8. The van der Waals surface area contributed by atoms with E-state index in [2.05, 4.69) is 0 Å². The predicted octanol–water partition coefficient (Wildman–Crippen LogP) is 1.76.